The van der Waals surface area contributed by atoms with E-state index in [2.05, 4.69) is 11.6 Å². The molecule has 0 rings (SSSR count). The highest BCUT2D eigenvalue weighted by molar-refractivity contribution is 7.97. The highest BCUT2D eigenvalue weighted by atomic mass is 32.2. The molecular weight excluding hydrogens is 136 g/mol. The van der Waals surface area contributed by atoms with Crippen LogP contribution < -0.4 is 10.5 Å². The molecule has 3 N–H and O–H groups in total. The molecule has 0 aromatic rings. The van der Waals surface area contributed by atoms with E-state index in [1.54, 1.807) is 0 Å². The molecule has 54 valence electrons. The Bertz CT molecular complexity index is 87.0. The van der Waals surface area contributed by atoms with Crippen molar-refractivity contribution in [2.75, 3.05) is 5.75 Å². The fourth-order valence-corrected chi connectivity index (χ4v) is 1.02. The van der Waals surface area contributed by atoms with E-state index in [4.69, 9.17) is 5.73 Å². The maximum absolute atomic E-state index is 10.1. The molecule has 0 heterocycles. The van der Waals surface area contributed by atoms with Gasteiger partial charge in [-0.1, -0.05) is 13.3 Å². The Balaban J connectivity index is 2.83. The molecule has 0 unspecified atom stereocenters. The van der Waals surface area contributed by atoms with E-state index < -0.39 is 6.03 Å². The number of carbonyl (C=O) groups excluding carboxylic acids is 1. The van der Waals surface area contributed by atoms with E-state index in [0.717, 1.165) is 18.6 Å². The molecular formula is C5H12N2OS. The number of amides is 2. The fourth-order valence-electron chi connectivity index (χ4n) is 0.339. The smallest absolute Gasteiger partial charge is 0.322 e. The highest BCUT2D eigenvalue weighted by Crippen LogP contribution is 1.97. The van der Waals surface area contributed by atoms with Crippen LogP contribution in [0.4, 0.5) is 4.79 Å². The van der Waals surface area contributed by atoms with Crippen LogP contribution in [0.1, 0.15) is 19.8 Å². The number of rotatable bonds is 4. The Morgan fingerprint density at radius 1 is 1.78 bits per heavy atom. The number of primary amides is 1. The van der Waals surface area contributed by atoms with Crippen LogP contribution >= 0.6 is 11.9 Å². The van der Waals surface area contributed by atoms with E-state index >= 15 is 0 Å². The molecule has 0 aliphatic rings. The lowest BCUT2D eigenvalue weighted by Gasteiger charge is -1.96. The van der Waals surface area contributed by atoms with Crippen LogP contribution in [0.25, 0.3) is 0 Å². The summed E-state index contributed by atoms with van der Waals surface area (Å²) < 4.78 is 2.44. The van der Waals surface area contributed by atoms with Crippen LogP contribution in [0.5, 0.6) is 0 Å². The summed E-state index contributed by atoms with van der Waals surface area (Å²) in [4.78, 5) is 10.1. The molecule has 0 radical (unpaired) electrons. The third-order valence-corrected chi connectivity index (χ3v) is 1.61. The van der Waals surface area contributed by atoms with Crippen molar-refractivity contribution in [1.82, 2.24) is 4.72 Å². The van der Waals surface area contributed by atoms with Gasteiger partial charge < -0.3 is 5.73 Å². The second-order valence-corrected chi connectivity index (χ2v) is 2.57. The average molecular weight is 148 g/mol. The van der Waals surface area contributed by atoms with Gasteiger partial charge >= 0.3 is 6.03 Å². The van der Waals surface area contributed by atoms with Gasteiger partial charge in [0.15, 0.2) is 0 Å². The third-order valence-electron chi connectivity index (χ3n) is 0.773. The van der Waals surface area contributed by atoms with Crippen molar-refractivity contribution in [3.05, 3.63) is 0 Å². The molecule has 0 spiro atoms. The SMILES string of the molecule is CCCCSNC(N)=O. The number of carbonyl (C=O) groups is 1. The summed E-state index contributed by atoms with van der Waals surface area (Å²) in [5, 5.41) is 0. The van der Waals surface area contributed by atoms with Crippen LogP contribution in [-0.2, 0) is 0 Å². The number of hydrogen-bond donors (Lipinski definition) is 2. The summed E-state index contributed by atoms with van der Waals surface area (Å²) >= 11 is 1.36. The molecule has 0 saturated heterocycles. The van der Waals surface area contributed by atoms with Gasteiger partial charge in [-0.2, -0.15) is 0 Å². The first-order chi connectivity index (χ1) is 4.27. The molecule has 9 heavy (non-hydrogen) atoms. The molecule has 0 saturated carbocycles. The lowest BCUT2D eigenvalue weighted by molar-refractivity contribution is 0.254. The third kappa shape index (κ3) is 7.62. The van der Waals surface area contributed by atoms with Gasteiger partial charge in [0, 0.05) is 5.75 Å². The predicted octanol–water partition coefficient (Wildman–Crippen LogP) is 1.10. The van der Waals surface area contributed by atoms with Gasteiger partial charge in [0.05, 0.1) is 0 Å². The molecule has 4 heteroatoms. The van der Waals surface area contributed by atoms with Crippen molar-refractivity contribution >= 4 is 18.0 Å². The first kappa shape index (κ1) is 8.62. The molecule has 0 aromatic carbocycles. The highest BCUT2D eigenvalue weighted by Gasteiger charge is 1.89. The second kappa shape index (κ2) is 5.75. The zero-order chi connectivity index (χ0) is 7.11. The van der Waals surface area contributed by atoms with E-state index in [-0.39, 0.29) is 0 Å². The second-order valence-electron chi connectivity index (χ2n) is 1.67. The van der Waals surface area contributed by atoms with Gasteiger partial charge in [-0.05, 0) is 18.4 Å². The number of unbranched alkanes of at least 4 members (excludes halogenated alkanes) is 1. The van der Waals surface area contributed by atoms with Gasteiger partial charge in [0.25, 0.3) is 0 Å². The van der Waals surface area contributed by atoms with Crippen LogP contribution in [0.15, 0.2) is 0 Å². The minimum absolute atomic E-state index is 0.462. The maximum Gasteiger partial charge on any atom is 0.322 e. The summed E-state index contributed by atoms with van der Waals surface area (Å²) in [7, 11) is 0. The largest absolute Gasteiger partial charge is 0.351 e. The van der Waals surface area contributed by atoms with Crippen LogP contribution in [0.3, 0.4) is 0 Å². The van der Waals surface area contributed by atoms with Gasteiger partial charge in [0.2, 0.25) is 0 Å². The van der Waals surface area contributed by atoms with Gasteiger partial charge in [0.1, 0.15) is 0 Å². The molecule has 0 bridgehead atoms. The number of nitrogens with two attached hydrogens (primary N) is 1. The quantitative estimate of drug-likeness (QED) is 0.463. The lowest BCUT2D eigenvalue weighted by Crippen LogP contribution is -2.23. The molecule has 2 amide bonds. The summed E-state index contributed by atoms with van der Waals surface area (Å²) in [5.41, 5.74) is 4.80. The van der Waals surface area contributed by atoms with Crippen molar-refractivity contribution in [1.29, 1.82) is 0 Å². The van der Waals surface area contributed by atoms with E-state index in [1.165, 1.54) is 11.9 Å². The Kier molecular flexibility index (Phi) is 5.51. The minimum Gasteiger partial charge on any atom is -0.351 e. The first-order valence-corrected chi connectivity index (χ1v) is 3.93. The monoisotopic (exact) mass is 148 g/mol. The molecule has 0 aromatic heterocycles. The summed E-state index contributed by atoms with van der Waals surface area (Å²) in [6, 6.07) is -0.462. The average Bonchev–Trinajstić information content (AvgIpc) is 1.80. The molecule has 0 aliphatic heterocycles. The van der Waals surface area contributed by atoms with Crippen molar-refractivity contribution < 1.29 is 4.79 Å². The standard InChI is InChI=1S/C5H12N2OS/c1-2-3-4-9-7-5(6)8/h2-4H2,1H3,(H3,6,7,8). The van der Waals surface area contributed by atoms with Gasteiger partial charge in [-0.15, -0.1) is 0 Å². The van der Waals surface area contributed by atoms with Gasteiger partial charge in [-0.3, -0.25) is 4.72 Å². The zero-order valence-electron chi connectivity index (χ0n) is 5.52. The lowest BCUT2D eigenvalue weighted by atomic mass is 10.4. The maximum atomic E-state index is 10.1. The molecule has 0 aliphatic carbocycles. The van der Waals surface area contributed by atoms with Crippen molar-refractivity contribution in [3.63, 3.8) is 0 Å². The molecule has 3 nitrogen and oxygen atoms in total. The normalized spacial score (nSPS) is 9.00. The van der Waals surface area contributed by atoms with E-state index in [0.29, 0.717) is 0 Å². The zero-order valence-corrected chi connectivity index (χ0v) is 6.33. The Hall–Kier alpha value is -0.380. The fraction of sp³-hybridized carbons (Fsp3) is 0.800. The van der Waals surface area contributed by atoms with Crippen molar-refractivity contribution in [3.8, 4) is 0 Å². The number of hydrogen-bond acceptors (Lipinski definition) is 2. The number of urea groups is 1. The van der Waals surface area contributed by atoms with Crippen LogP contribution in [0.2, 0.25) is 0 Å². The Labute approximate surface area is 59.5 Å². The van der Waals surface area contributed by atoms with Gasteiger partial charge in [-0.25, -0.2) is 4.79 Å². The summed E-state index contributed by atoms with van der Waals surface area (Å²) in [6.45, 7) is 2.10. The Morgan fingerprint density at radius 2 is 2.44 bits per heavy atom. The Morgan fingerprint density at radius 3 is 2.89 bits per heavy atom. The van der Waals surface area contributed by atoms with Crippen LogP contribution in [0, 0.1) is 0 Å². The summed E-state index contributed by atoms with van der Waals surface area (Å²) in [6.07, 6.45) is 2.26. The topological polar surface area (TPSA) is 55.1 Å². The number of nitrogens with one attached hydrogen (secondary N) is 1. The molecule has 0 atom stereocenters. The van der Waals surface area contributed by atoms with E-state index in [9.17, 15) is 4.79 Å². The van der Waals surface area contributed by atoms with Crippen molar-refractivity contribution in [2.45, 2.75) is 19.8 Å². The van der Waals surface area contributed by atoms with Crippen molar-refractivity contribution in [2.24, 2.45) is 5.73 Å². The summed E-state index contributed by atoms with van der Waals surface area (Å²) in [5.74, 6) is 0.944. The van der Waals surface area contributed by atoms with E-state index in [1.807, 2.05) is 0 Å². The molecule has 0 fully saturated rings. The predicted molar refractivity (Wildman–Crippen MR) is 40.1 cm³/mol. The first-order valence-electron chi connectivity index (χ1n) is 2.94. The van der Waals surface area contributed by atoms with Crippen LogP contribution in [-0.4, -0.2) is 11.8 Å². The minimum atomic E-state index is -0.462.